The van der Waals surface area contributed by atoms with Crippen molar-refractivity contribution < 1.29 is 19.1 Å². The van der Waals surface area contributed by atoms with Crippen LogP contribution in [0.3, 0.4) is 0 Å². The molecule has 2 aromatic carbocycles. The topological polar surface area (TPSA) is 64.6 Å². The van der Waals surface area contributed by atoms with Gasteiger partial charge in [0.15, 0.2) is 0 Å². The normalized spacial score (nSPS) is 10.5. The summed E-state index contributed by atoms with van der Waals surface area (Å²) in [5, 5.41) is 5.29. The van der Waals surface area contributed by atoms with Crippen LogP contribution in [-0.2, 0) is 16.0 Å². The van der Waals surface area contributed by atoms with Crippen LogP contribution in [0.15, 0.2) is 47.8 Å². The van der Waals surface area contributed by atoms with Gasteiger partial charge in [0.05, 0.1) is 20.1 Å². The zero-order chi connectivity index (χ0) is 21.7. The highest BCUT2D eigenvalue weighted by Crippen LogP contribution is 2.38. The lowest BCUT2D eigenvalue weighted by Crippen LogP contribution is -2.16. The van der Waals surface area contributed by atoms with E-state index in [1.165, 1.54) is 11.3 Å². The molecule has 0 atom stereocenters. The highest BCUT2D eigenvalue weighted by molar-refractivity contribution is 7.15. The summed E-state index contributed by atoms with van der Waals surface area (Å²) < 4.78 is 10.4. The summed E-state index contributed by atoms with van der Waals surface area (Å²) >= 11 is 1.33. The SMILES string of the molecule is CCOC(=O)c1c(-c2ccc(C)cc2C)csc1NC(=O)Cc1ccc(OC)cc1. The monoisotopic (exact) mass is 423 g/mol. The minimum atomic E-state index is -0.437. The van der Waals surface area contributed by atoms with Crippen LogP contribution in [0.1, 0.15) is 34.0 Å². The third kappa shape index (κ3) is 4.89. The molecule has 30 heavy (non-hydrogen) atoms. The zero-order valence-electron chi connectivity index (χ0n) is 17.6. The molecule has 1 aromatic heterocycles. The minimum Gasteiger partial charge on any atom is -0.497 e. The van der Waals surface area contributed by atoms with Crippen molar-refractivity contribution in [1.82, 2.24) is 0 Å². The average Bonchev–Trinajstić information content (AvgIpc) is 3.11. The molecule has 156 valence electrons. The lowest BCUT2D eigenvalue weighted by atomic mass is 9.97. The number of amides is 1. The summed E-state index contributed by atoms with van der Waals surface area (Å²) in [6.07, 6.45) is 0.197. The number of carbonyl (C=O) groups is 2. The van der Waals surface area contributed by atoms with Gasteiger partial charge in [-0.2, -0.15) is 0 Å². The predicted octanol–water partition coefficient (Wildman–Crippen LogP) is 5.40. The van der Waals surface area contributed by atoms with Gasteiger partial charge >= 0.3 is 5.97 Å². The van der Waals surface area contributed by atoms with Gasteiger partial charge in [-0.25, -0.2) is 4.79 Å². The summed E-state index contributed by atoms with van der Waals surface area (Å²) in [5.74, 6) is 0.105. The molecule has 1 N–H and O–H groups in total. The molecule has 5 nitrogen and oxygen atoms in total. The lowest BCUT2D eigenvalue weighted by Gasteiger charge is -2.11. The average molecular weight is 424 g/mol. The van der Waals surface area contributed by atoms with Crippen LogP contribution in [0.25, 0.3) is 11.1 Å². The number of aryl methyl sites for hydroxylation is 2. The molecule has 0 saturated carbocycles. The van der Waals surface area contributed by atoms with Gasteiger partial charge in [0, 0.05) is 10.9 Å². The van der Waals surface area contributed by atoms with E-state index in [0.717, 1.165) is 33.6 Å². The molecule has 0 aliphatic rings. The van der Waals surface area contributed by atoms with Gasteiger partial charge in [-0.15, -0.1) is 11.3 Å². The van der Waals surface area contributed by atoms with Crippen LogP contribution in [0.4, 0.5) is 5.00 Å². The fraction of sp³-hybridized carbons (Fsp3) is 0.250. The van der Waals surface area contributed by atoms with Crippen LogP contribution in [0, 0.1) is 13.8 Å². The Balaban J connectivity index is 1.89. The Labute approximate surface area is 180 Å². The highest BCUT2D eigenvalue weighted by atomic mass is 32.1. The Bertz CT molecular complexity index is 1050. The molecule has 0 saturated heterocycles. The number of carbonyl (C=O) groups excluding carboxylic acids is 2. The van der Waals surface area contributed by atoms with Crippen molar-refractivity contribution >= 4 is 28.2 Å². The molecule has 0 spiro atoms. The quantitative estimate of drug-likeness (QED) is 0.517. The number of esters is 1. The first-order valence-corrected chi connectivity index (χ1v) is 10.6. The van der Waals surface area contributed by atoms with Gasteiger partial charge in [0.2, 0.25) is 5.91 Å². The van der Waals surface area contributed by atoms with Gasteiger partial charge in [-0.1, -0.05) is 35.9 Å². The summed E-state index contributed by atoms with van der Waals surface area (Å²) in [4.78, 5) is 25.4. The predicted molar refractivity (Wildman–Crippen MR) is 121 cm³/mol. The van der Waals surface area contributed by atoms with Crippen LogP contribution in [0.2, 0.25) is 0 Å². The fourth-order valence-corrected chi connectivity index (χ4v) is 4.23. The molecule has 0 bridgehead atoms. The Kier molecular flexibility index (Phi) is 6.90. The second-order valence-electron chi connectivity index (χ2n) is 6.97. The number of hydrogen-bond acceptors (Lipinski definition) is 5. The van der Waals surface area contributed by atoms with Crippen molar-refractivity contribution in [2.45, 2.75) is 27.2 Å². The van der Waals surface area contributed by atoms with Crippen molar-refractivity contribution in [3.05, 3.63) is 70.1 Å². The molecule has 1 heterocycles. The van der Waals surface area contributed by atoms with E-state index in [4.69, 9.17) is 9.47 Å². The second-order valence-corrected chi connectivity index (χ2v) is 7.85. The zero-order valence-corrected chi connectivity index (χ0v) is 18.4. The van der Waals surface area contributed by atoms with E-state index < -0.39 is 5.97 Å². The molecule has 0 unspecified atom stereocenters. The van der Waals surface area contributed by atoms with Crippen LogP contribution in [0.5, 0.6) is 5.75 Å². The van der Waals surface area contributed by atoms with Gasteiger partial charge < -0.3 is 14.8 Å². The van der Waals surface area contributed by atoms with Crippen molar-refractivity contribution in [1.29, 1.82) is 0 Å². The standard InChI is InChI=1S/C24H25NO4S/c1-5-29-24(27)22-20(19-11-6-15(2)12-16(19)3)14-30-23(22)25-21(26)13-17-7-9-18(28-4)10-8-17/h6-12,14H,5,13H2,1-4H3,(H,25,26). The van der Waals surface area contributed by atoms with Crippen molar-refractivity contribution in [2.24, 2.45) is 0 Å². The molecule has 0 radical (unpaired) electrons. The van der Waals surface area contributed by atoms with Crippen molar-refractivity contribution in [3.8, 4) is 16.9 Å². The van der Waals surface area contributed by atoms with Crippen LogP contribution < -0.4 is 10.1 Å². The van der Waals surface area contributed by atoms with Crippen molar-refractivity contribution in [2.75, 3.05) is 19.0 Å². The number of benzene rings is 2. The smallest absolute Gasteiger partial charge is 0.341 e. The minimum absolute atomic E-state index is 0.195. The van der Waals surface area contributed by atoms with Crippen LogP contribution in [-0.4, -0.2) is 25.6 Å². The van der Waals surface area contributed by atoms with Gasteiger partial charge in [0.25, 0.3) is 0 Å². The first-order chi connectivity index (χ1) is 14.4. The first kappa shape index (κ1) is 21.6. The highest BCUT2D eigenvalue weighted by Gasteiger charge is 2.23. The van der Waals surface area contributed by atoms with E-state index in [9.17, 15) is 9.59 Å². The summed E-state index contributed by atoms with van der Waals surface area (Å²) in [5.41, 5.74) is 5.20. The Morgan fingerprint density at radius 1 is 1.03 bits per heavy atom. The number of anilines is 1. The van der Waals surface area contributed by atoms with E-state index in [1.54, 1.807) is 14.0 Å². The molecule has 3 aromatic rings. The van der Waals surface area contributed by atoms with Crippen LogP contribution >= 0.6 is 11.3 Å². The van der Waals surface area contributed by atoms with Gasteiger partial charge in [0.1, 0.15) is 16.3 Å². The molecule has 1 amide bonds. The molecule has 6 heteroatoms. The molecule has 0 fully saturated rings. The Morgan fingerprint density at radius 3 is 2.40 bits per heavy atom. The van der Waals surface area contributed by atoms with Crippen molar-refractivity contribution in [3.63, 3.8) is 0 Å². The number of ether oxygens (including phenoxy) is 2. The Hall–Kier alpha value is -3.12. The van der Waals surface area contributed by atoms with E-state index in [1.807, 2.05) is 55.6 Å². The summed E-state index contributed by atoms with van der Waals surface area (Å²) in [6, 6.07) is 13.4. The van der Waals surface area contributed by atoms with E-state index in [0.29, 0.717) is 10.6 Å². The van der Waals surface area contributed by atoms with E-state index >= 15 is 0 Å². The second kappa shape index (κ2) is 9.59. The maximum Gasteiger partial charge on any atom is 0.341 e. The maximum absolute atomic E-state index is 12.7. The van der Waals surface area contributed by atoms with Gasteiger partial charge in [-0.05, 0) is 49.6 Å². The number of thiophene rings is 1. The third-order valence-electron chi connectivity index (χ3n) is 4.72. The lowest BCUT2D eigenvalue weighted by molar-refractivity contribution is -0.115. The molecule has 3 rings (SSSR count). The summed E-state index contributed by atoms with van der Waals surface area (Å²) in [6.45, 7) is 6.07. The summed E-state index contributed by atoms with van der Waals surface area (Å²) in [7, 11) is 1.60. The fourth-order valence-electron chi connectivity index (χ4n) is 3.27. The number of nitrogens with one attached hydrogen (secondary N) is 1. The molecular weight excluding hydrogens is 398 g/mol. The van der Waals surface area contributed by atoms with E-state index in [-0.39, 0.29) is 18.9 Å². The maximum atomic E-state index is 12.7. The van der Waals surface area contributed by atoms with E-state index in [2.05, 4.69) is 11.4 Å². The van der Waals surface area contributed by atoms with Gasteiger partial charge in [-0.3, -0.25) is 4.79 Å². The first-order valence-electron chi connectivity index (χ1n) is 9.72. The third-order valence-corrected chi connectivity index (χ3v) is 5.61. The number of methoxy groups -OCH3 is 1. The molecule has 0 aliphatic carbocycles. The number of rotatable bonds is 7. The number of hydrogen-bond donors (Lipinski definition) is 1. The Morgan fingerprint density at radius 2 is 1.77 bits per heavy atom. The molecular formula is C24H25NO4S. The largest absolute Gasteiger partial charge is 0.497 e. The molecule has 0 aliphatic heterocycles.